The van der Waals surface area contributed by atoms with Crippen molar-refractivity contribution in [1.82, 2.24) is 4.98 Å². The first kappa shape index (κ1) is 16.0. The highest BCUT2D eigenvalue weighted by Crippen LogP contribution is 2.37. The van der Waals surface area contributed by atoms with Gasteiger partial charge in [0.15, 0.2) is 0 Å². The molecule has 0 amide bonds. The van der Waals surface area contributed by atoms with Gasteiger partial charge in [-0.1, -0.05) is 34.6 Å². The lowest BCUT2D eigenvalue weighted by Crippen LogP contribution is -2.22. The topological polar surface area (TPSA) is 33.1 Å². The first-order valence-corrected chi connectivity index (χ1v) is 8.23. The Kier molecular flexibility index (Phi) is 4.90. The second kappa shape index (κ2) is 5.51. The Morgan fingerprint density at radius 2 is 1.78 bits per heavy atom. The van der Waals surface area contributed by atoms with E-state index in [1.54, 1.807) is 11.3 Å². The minimum atomic E-state index is -0.805. The zero-order valence-corrected chi connectivity index (χ0v) is 14.1. The fourth-order valence-corrected chi connectivity index (χ4v) is 3.64. The highest BCUT2D eigenvalue weighted by atomic mass is 32.2. The fraction of sp³-hybridized carbons (Fsp3) is 0.786. The summed E-state index contributed by atoms with van der Waals surface area (Å²) in [7, 11) is 0. The van der Waals surface area contributed by atoms with Crippen LogP contribution in [0.4, 0.5) is 0 Å². The summed E-state index contributed by atoms with van der Waals surface area (Å²) in [4.78, 5) is 5.77. The molecule has 2 nitrogen and oxygen atoms in total. The maximum Gasteiger partial charge on any atom is 0.103 e. The number of thiazole rings is 1. The summed E-state index contributed by atoms with van der Waals surface area (Å²) in [5, 5.41) is 12.0. The molecule has 1 aromatic heterocycles. The van der Waals surface area contributed by atoms with E-state index in [0.29, 0.717) is 5.25 Å². The number of rotatable bonds is 4. The highest BCUT2D eigenvalue weighted by Gasteiger charge is 2.30. The monoisotopic (exact) mass is 287 g/mol. The van der Waals surface area contributed by atoms with E-state index >= 15 is 0 Å². The molecule has 0 saturated heterocycles. The quantitative estimate of drug-likeness (QED) is 0.896. The van der Waals surface area contributed by atoms with Crippen LogP contribution >= 0.6 is 23.1 Å². The lowest BCUT2D eigenvalue weighted by Gasteiger charge is -2.23. The number of aromatic nitrogens is 1. The van der Waals surface area contributed by atoms with E-state index in [0.717, 1.165) is 21.3 Å². The maximum atomic E-state index is 10.3. The summed E-state index contributed by atoms with van der Waals surface area (Å²) < 4.78 is 0. The van der Waals surface area contributed by atoms with Crippen molar-refractivity contribution >= 4 is 23.1 Å². The van der Waals surface area contributed by atoms with Gasteiger partial charge in [0.2, 0.25) is 0 Å². The lowest BCUT2D eigenvalue weighted by atomic mass is 9.88. The minimum absolute atomic E-state index is 0.0212. The van der Waals surface area contributed by atoms with Crippen LogP contribution in [0.2, 0.25) is 0 Å². The Labute approximate surface area is 119 Å². The Bertz CT molecular complexity index is 365. The molecule has 0 aromatic carbocycles. The maximum absolute atomic E-state index is 10.3. The van der Waals surface area contributed by atoms with Crippen LogP contribution in [0.5, 0.6) is 0 Å². The minimum Gasteiger partial charge on any atom is -0.385 e. The normalized spacial score (nSPS) is 13.4. The largest absolute Gasteiger partial charge is 0.385 e. The molecule has 1 N–H and O–H groups in total. The van der Waals surface area contributed by atoms with Gasteiger partial charge in [0.1, 0.15) is 5.01 Å². The van der Waals surface area contributed by atoms with E-state index in [2.05, 4.69) is 34.6 Å². The predicted octanol–water partition coefficient (Wildman–Crippen LogP) is 4.31. The number of hydrogen-bond acceptors (Lipinski definition) is 4. The van der Waals surface area contributed by atoms with Gasteiger partial charge in [-0.3, -0.25) is 0 Å². The van der Waals surface area contributed by atoms with E-state index in [4.69, 9.17) is 4.98 Å². The summed E-state index contributed by atoms with van der Waals surface area (Å²) in [6.45, 7) is 14.5. The first-order valence-electron chi connectivity index (χ1n) is 6.36. The SMILES string of the molecule is CC(C)SCc1nc(C(C)(C)C)c(C(C)(C)O)s1. The van der Waals surface area contributed by atoms with E-state index in [1.165, 1.54) is 0 Å². The van der Waals surface area contributed by atoms with Crippen LogP contribution in [0.1, 0.15) is 64.0 Å². The molecule has 0 bridgehead atoms. The molecule has 104 valence electrons. The van der Waals surface area contributed by atoms with E-state index in [9.17, 15) is 5.11 Å². The molecular formula is C14H25NOS2. The van der Waals surface area contributed by atoms with Crippen molar-refractivity contribution in [2.45, 2.75) is 70.5 Å². The van der Waals surface area contributed by atoms with Gasteiger partial charge in [0.25, 0.3) is 0 Å². The third-order valence-corrected chi connectivity index (χ3v) is 5.14. The molecule has 0 aliphatic carbocycles. The summed E-state index contributed by atoms with van der Waals surface area (Å²) in [6.07, 6.45) is 0. The van der Waals surface area contributed by atoms with Crippen molar-refractivity contribution in [3.05, 3.63) is 15.6 Å². The molecule has 0 saturated carbocycles. The molecule has 0 unspecified atom stereocenters. The third-order valence-electron chi connectivity index (χ3n) is 2.48. The molecule has 0 fully saturated rings. The average molecular weight is 287 g/mol. The van der Waals surface area contributed by atoms with Gasteiger partial charge >= 0.3 is 0 Å². The molecule has 0 aliphatic heterocycles. The molecule has 1 rings (SSSR count). The van der Waals surface area contributed by atoms with Crippen LogP contribution in [-0.2, 0) is 16.8 Å². The van der Waals surface area contributed by atoms with Crippen LogP contribution in [0.3, 0.4) is 0 Å². The van der Waals surface area contributed by atoms with E-state index in [-0.39, 0.29) is 5.41 Å². The summed E-state index contributed by atoms with van der Waals surface area (Å²) in [5.41, 5.74) is 0.215. The first-order chi connectivity index (χ1) is 8.01. The van der Waals surface area contributed by atoms with Gasteiger partial charge in [-0.2, -0.15) is 11.8 Å². The second-order valence-corrected chi connectivity index (χ2v) is 9.10. The molecule has 4 heteroatoms. The van der Waals surface area contributed by atoms with Gasteiger partial charge in [0, 0.05) is 11.2 Å². The van der Waals surface area contributed by atoms with Crippen molar-refractivity contribution in [1.29, 1.82) is 0 Å². The number of hydrogen-bond donors (Lipinski definition) is 1. The fourth-order valence-electron chi connectivity index (χ4n) is 1.59. The Morgan fingerprint density at radius 1 is 1.22 bits per heavy atom. The van der Waals surface area contributed by atoms with Gasteiger partial charge in [-0.05, 0) is 19.1 Å². The van der Waals surface area contributed by atoms with Crippen LogP contribution in [0, 0.1) is 0 Å². The van der Waals surface area contributed by atoms with Crippen molar-refractivity contribution in [3.63, 3.8) is 0 Å². The van der Waals surface area contributed by atoms with Crippen molar-refractivity contribution in [3.8, 4) is 0 Å². The zero-order valence-electron chi connectivity index (χ0n) is 12.5. The van der Waals surface area contributed by atoms with Gasteiger partial charge in [-0.15, -0.1) is 11.3 Å². The molecule has 0 aliphatic rings. The van der Waals surface area contributed by atoms with Crippen LogP contribution in [-0.4, -0.2) is 15.3 Å². The van der Waals surface area contributed by atoms with Crippen molar-refractivity contribution in [2.24, 2.45) is 0 Å². The third kappa shape index (κ3) is 4.25. The number of nitrogens with zero attached hydrogens (tertiary/aromatic N) is 1. The molecule has 0 spiro atoms. The van der Waals surface area contributed by atoms with Crippen LogP contribution < -0.4 is 0 Å². The average Bonchev–Trinajstić information content (AvgIpc) is 2.56. The molecular weight excluding hydrogens is 262 g/mol. The van der Waals surface area contributed by atoms with E-state index < -0.39 is 5.60 Å². The lowest BCUT2D eigenvalue weighted by molar-refractivity contribution is 0.0803. The standard InChI is InChI=1S/C14H25NOS2/c1-9(2)17-8-10-15-11(13(3,4)5)12(18-10)14(6,7)16/h9,16H,8H2,1-7H3. The Balaban J connectivity index is 3.09. The van der Waals surface area contributed by atoms with Gasteiger partial charge in [-0.25, -0.2) is 4.98 Å². The summed E-state index contributed by atoms with van der Waals surface area (Å²) in [5.74, 6) is 0.932. The highest BCUT2D eigenvalue weighted by molar-refractivity contribution is 7.99. The second-order valence-electron chi connectivity index (χ2n) is 6.45. The molecule has 1 aromatic rings. The molecule has 1 heterocycles. The number of thioether (sulfide) groups is 1. The van der Waals surface area contributed by atoms with Crippen LogP contribution in [0.15, 0.2) is 0 Å². The van der Waals surface area contributed by atoms with Crippen molar-refractivity contribution in [2.75, 3.05) is 0 Å². The van der Waals surface area contributed by atoms with E-state index in [1.807, 2.05) is 25.6 Å². The van der Waals surface area contributed by atoms with Crippen LogP contribution in [0.25, 0.3) is 0 Å². The van der Waals surface area contributed by atoms with Gasteiger partial charge in [0.05, 0.1) is 16.2 Å². The Hall–Kier alpha value is -0.0600. The molecule has 0 atom stereocenters. The zero-order chi connectivity index (χ0) is 14.1. The number of aliphatic hydroxyl groups is 1. The molecule has 18 heavy (non-hydrogen) atoms. The molecule has 0 radical (unpaired) electrons. The van der Waals surface area contributed by atoms with Gasteiger partial charge < -0.3 is 5.11 Å². The van der Waals surface area contributed by atoms with Crippen molar-refractivity contribution < 1.29 is 5.11 Å². The summed E-state index contributed by atoms with van der Waals surface area (Å²) >= 11 is 3.55. The smallest absolute Gasteiger partial charge is 0.103 e. The predicted molar refractivity (Wildman–Crippen MR) is 82.5 cm³/mol. The Morgan fingerprint density at radius 3 is 2.11 bits per heavy atom. The summed E-state index contributed by atoms with van der Waals surface area (Å²) in [6, 6.07) is 0.